The van der Waals surface area contributed by atoms with Crippen molar-refractivity contribution >= 4 is 23.5 Å². The highest BCUT2D eigenvalue weighted by Gasteiger charge is 2.53. The molecular weight excluding hydrogens is 382 g/mol. The molecule has 4 heteroatoms. The van der Waals surface area contributed by atoms with Gasteiger partial charge >= 0.3 is 0 Å². The highest BCUT2D eigenvalue weighted by Crippen LogP contribution is 2.58. The highest BCUT2D eigenvalue weighted by atomic mass is 32.2. The molecule has 0 bridgehead atoms. The topological polar surface area (TPSA) is 23.5 Å². The zero-order chi connectivity index (χ0) is 19.9. The normalized spacial score (nSPS) is 16.4. The first kappa shape index (κ1) is 21.3. The van der Waals surface area contributed by atoms with E-state index in [1.54, 1.807) is 0 Å². The fourth-order valence-electron chi connectivity index (χ4n) is 3.60. The fraction of sp³-hybridized carbons (Fsp3) is 0.417. The number of benzene rings is 2. The van der Waals surface area contributed by atoms with Crippen LogP contribution in [0.3, 0.4) is 0 Å². The van der Waals surface area contributed by atoms with E-state index in [0.29, 0.717) is 0 Å². The average molecular weight is 412 g/mol. The molecule has 28 heavy (non-hydrogen) atoms. The van der Waals surface area contributed by atoms with Crippen LogP contribution in [0.15, 0.2) is 60.7 Å². The molecule has 0 unspecified atom stereocenters. The SMILES string of the molecule is CN(C)CC#CCCC1(C(O)(c2ccccc2)c2ccccc2)SCCCS1. The maximum absolute atomic E-state index is 12.4. The molecule has 1 fully saturated rings. The lowest BCUT2D eigenvalue weighted by Gasteiger charge is -2.49. The molecule has 0 amide bonds. The van der Waals surface area contributed by atoms with Gasteiger partial charge in [-0.1, -0.05) is 66.6 Å². The fourth-order valence-corrected chi connectivity index (χ4v) is 7.24. The lowest BCUT2D eigenvalue weighted by atomic mass is 9.81. The first-order chi connectivity index (χ1) is 13.6. The Balaban J connectivity index is 2.01. The molecular formula is C24H29NOS2. The van der Waals surface area contributed by atoms with Crippen molar-refractivity contribution in [2.45, 2.75) is 28.9 Å². The van der Waals surface area contributed by atoms with E-state index in [0.717, 1.165) is 42.0 Å². The van der Waals surface area contributed by atoms with Gasteiger partial charge in [-0.25, -0.2) is 0 Å². The summed E-state index contributed by atoms with van der Waals surface area (Å²) in [6.45, 7) is 0.773. The molecule has 2 aromatic rings. The highest BCUT2D eigenvalue weighted by molar-refractivity contribution is 8.18. The minimum absolute atomic E-state index is 0.346. The van der Waals surface area contributed by atoms with Crippen molar-refractivity contribution in [3.8, 4) is 11.8 Å². The predicted octanol–water partition coefficient (Wildman–Crippen LogP) is 4.83. The summed E-state index contributed by atoms with van der Waals surface area (Å²) in [5, 5.41) is 12.4. The Morgan fingerprint density at radius 3 is 1.96 bits per heavy atom. The van der Waals surface area contributed by atoms with Crippen molar-refractivity contribution in [2.24, 2.45) is 0 Å². The smallest absolute Gasteiger partial charge is 0.138 e. The first-order valence-corrected chi connectivity index (χ1v) is 11.8. The maximum atomic E-state index is 12.4. The standard InChI is InChI=1S/C24H29NOS2/c1-25(2)18-11-5-10-17-23(27-19-12-20-28-23)24(26,21-13-6-3-7-14-21)22-15-8-4-9-16-22/h3-4,6-9,13-16,26H,10,12,17-20H2,1-2H3. The van der Waals surface area contributed by atoms with Gasteiger partial charge in [0.1, 0.15) is 5.60 Å². The van der Waals surface area contributed by atoms with Crippen LogP contribution in [-0.2, 0) is 5.60 Å². The third-order valence-corrected chi connectivity index (χ3v) is 8.62. The second kappa shape index (κ2) is 9.89. The summed E-state index contributed by atoms with van der Waals surface area (Å²) in [7, 11) is 4.07. The molecule has 0 atom stereocenters. The molecule has 1 heterocycles. The van der Waals surface area contributed by atoms with Crippen LogP contribution in [0.4, 0.5) is 0 Å². The first-order valence-electron chi connectivity index (χ1n) is 9.80. The second-order valence-corrected chi connectivity index (χ2v) is 10.4. The molecule has 2 aromatic carbocycles. The van der Waals surface area contributed by atoms with Crippen LogP contribution < -0.4 is 0 Å². The largest absolute Gasteiger partial charge is 0.378 e. The zero-order valence-corrected chi connectivity index (χ0v) is 18.4. The Morgan fingerprint density at radius 1 is 0.929 bits per heavy atom. The Kier molecular flexibility index (Phi) is 7.54. The van der Waals surface area contributed by atoms with E-state index in [1.807, 2.05) is 74.0 Å². The van der Waals surface area contributed by atoms with Crippen molar-refractivity contribution in [3.63, 3.8) is 0 Å². The van der Waals surface area contributed by atoms with Crippen LogP contribution in [0.2, 0.25) is 0 Å². The summed E-state index contributed by atoms with van der Waals surface area (Å²) in [6.07, 6.45) is 2.82. The quantitative estimate of drug-likeness (QED) is 0.688. The van der Waals surface area contributed by atoms with Crippen LogP contribution in [0.5, 0.6) is 0 Å². The summed E-state index contributed by atoms with van der Waals surface area (Å²) in [5.41, 5.74) is 0.864. The molecule has 1 saturated heterocycles. The third kappa shape index (κ3) is 4.60. The lowest BCUT2D eigenvalue weighted by molar-refractivity contribution is 0.0644. The van der Waals surface area contributed by atoms with Gasteiger partial charge in [-0.3, -0.25) is 4.90 Å². The lowest BCUT2D eigenvalue weighted by Crippen LogP contribution is -2.49. The molecule has 3 rings (SSSR count). The predicted molar refractivity (Wildman–Crippen MR) is 124 cm³/mol. The number of thioether (sulfide) groups is 2. The van der Waals surface area contributed by atoms with E-state index >= 15 is 0 Å². The maximum Gasteiger partial charge on any atom is 0.138 e. The van der Waals surface area contributed by atoms with Crippen LogP contribution in [0.1, 0.15) is 30.4 Å². The molecule has 0 spiro atoms. The molecule has 2 nitrogen and oxygen atoms in total. The van der Waals surface area contributed by atoms with Crippen LogP contribution >= 0.6 is 23.5 Å². The van der Waals surface area contributed by atoms with Crippen LogP contribution in [0.25, 0.3) is 0 Å². The van der Waals surface area contributed by atoms with Crippen LogP contribution in [0, 0.1) is 11.8 Å². The average Bonchev–Trinajstić information content (AvgIpc) is 2.74. The summed E-state index contributed by atoms with van der Waals surface area (Å²) >= 11 is 3.81. The van der Waals surface area contributed by atoms with Crippen molar-refractivity contribution in [1.82, 2.24) is 4.90 Å². The van der Waals surface area contributed by atoms with E-state index in [4.69, 9.17) is 0 Å². The monoisotopic (exact) mass is 411 g/mol. The number of hydrogen-bond donors (Lipinski definition) is 1. The summed E-state index contributed by atoms with van der Waals surface area (Å²) in [6, 6.07) is 20.3. The van der Waals surface area contributed by atoms with Gasteiger partial charge in [0.15, 0.2) is 0 Å². The van der Waals surface area contributed by atoms with Gasteiger partial charge in [0.05, 0.1) is 10.6 Å². The molecule has 0 radical (unpaired) electrons. The van der Waals surface area contributed by atoms with Gasteiger partial charge in [0, 0.05) is 6.42 Å². The number of nitrogens with zero attached hydrogens (tertiary/aromatic N) is 1. The van der Waals surface area contributed by atoms with Crippen LogP contribution in [-0.4, -0.2) is 46.2 Å². The van der Waals surface area contributed by atoms with E-state index in [-0.39, 0.29) is 4.08 Å². The van der Waals surface area contributed by atoms with Gasteiger partial charge in [0.25, 0.3) is 0 Å². The minimum Gasteiger partial charge on any atom is -0.378 e. The van der Waals surface area contributed by atoms with Gasteiger partial charge in [-0.15, -0.1) is 29.4 Å². The molecule has 0 saturated carbocycles. The molecule has 0 aromatic heterocycles. The van der Waals surface area contributed by atoms with Crippen molar-refractivity contribution in [2.75, 3.05) is 32.1 Å². The Bertz CT molecular complexity index is 750. The third-order valence-electron chi connectivity index (χ3n) is 4.99. The molecule has 1 aliphatic heterocycles. The molecule has 0 aliphatic carbocycles. The van der Waals surface area contributed by atoms with Crippen molar-refractivity contribution in [3.05, 3.63) is 71.8 Å². The summed E-state index contributed by atoms with van der Waals surface area (Å²) < 4.78 is -0.346. The molecule has 1 aliphatic rings. The molecule has 1 N–H and O–H groups in total. The van der Waals surface area contributed by atoms with Gasteiger partial charge < -0.3 is 5.11 Å². The number of aliphatic hydroxyl groups is 1. The summed E-state index contributed by atoms with van der Waals surface area (Å²) in [5.74, 6) is 8.72. The van der Waals surface area contributed by atoms with Crippen molar-refractivity contribution in [1.29, 1.82) is 0 Å². The van der Waals surface area contributed by atoms with E-state index in [9.17, 15) is 5.11 Å². The number of rotatable bonds is 6. The van der Waals surface area contributed by atoms with E-state index in [2.05, 4.69) is 41.0 Å². The number of hydrogen-bond acceptors (Lipinski definition) is 4. The van der Waals surface area contributed by atoms with Crippen molar-refractivity contribution < 1.29 is 5.11 Å². The van der Waals surface area contributed by atoms with Gasteiger partial charge in [-0.2, -0.15) is 0 Å². The Morgan fingerprint density at radius 2 is 1.46 bits per heavy atom. The second-order valence-electron chi connectivity index (χ2n) is 7.34. The summed E-state index contributed by atoms with van der Waals surface area (Å²) in [4.78, 5) is 2.08. The van der Waals surface area contributed by atoms with Gasteiger partial charge in [-0.05, 0) is 49.6 Å². The van der Waals surface area contributed by atoms with E-state index in [1.165, 1.54) is 6.42 Å². The van der Waals surface area contributed by atoms with Gasteiger partial charge in [0.2, 0.25) is 0 Å². The minimum atomic E-state index is -1.06. The molecule has 148 valence electrons. The van der Waals surface area contributed by atoms with E-state index < -0.39 is 5.60 Å². The zero-order valence-electron chi connectivity index (χ0n) is 16.7. The Hall–Kier alpha value is -1.38. The Labute approximate surface area is 178 Å².